The van der Waals surface area contributed by atoms with Gasteiger partial charge in [-0.05, 0) is 37.5 Å². The molecule has 1 aliphatic heterocycles. The van der Waals surface area contributed by atoms with Crippen molar-refractivity contribution < 1.29 is 9.59 Å². The average molecular weight is 345 g/mol. The summed E-state index contributed by atoms with van der Waals surface area (Å²) in [4.78, 5) is 25.5. The van der Waals surface area contributed by atoms with Crippen LogP contribution in [-0.4, -0.2) is 23.6 Å². The van der Waals surface area contributed by atoms with Crippen LogP contribution in [0.1, 0.15) is 36.2 Å². The predicted octanol–water partition coefficient (Wildman–Crippen LogP) is 3.56. The molecule has 1 aliphatic rings. The number of Topliss-reactive ketones (excluding diaryl/α,β-unsaturated/α-hetero) is 1. The van der Waals surface area contributed by atoms with Crippen molar-refractivity contribution in [1.82, 2.24) is 0 Å². The molecule has 1 unspecified atom stereocenters. The first-order valence-electron chi connectivity index (χ1n) is 6.20. The van der Waals surface area contributed by atoms with Crippen molar-refractivity contribution in [3.05, 3.63) is 27.7 Å². The van der Waals surface area contributed by atoms with Crippen LogP contribution in [-0.2, 0) is 11.2 Å². The normalized spacial score (nSPS) is 15.9. The number of carbonyl (C=O) groups excluding carboxylic acids is 2. The molecule has 0 bridgehead atoms. The molecule has 2 rings (SSSR count). The molecule has 0 aliphatic carbocycles. The minimum atomic E-state index is -0.580. The molecule has 0 radical (unpaired) electrons. The van der Waals surface area contributed by atoms with Crippen molar-refractivity contribution in [3.63, 3.8) is 0 Å². The van der Waals surface area contributed by atoms with E-state index in [1.54, 1.807) is 24.8 Å². The molecular weight excluding hydrogens is 330 g/mol. The van der Waals surface area contributed by atoms with Crippen LogP contribution in [0.3, 0.4) is 0 Å². The Morgan fingerprint density at radius 2 is 2.11 bits per heavy atom. The molecule has 1 amide bonds. The van der Waals surface area contributed by atoms with E-state index in [2.05, 4.69) is 15.9 Å². The molecule has 0 N–H and O–H groups in total. The molecule has 5 heteroatoms. The minimum absolute atomic E-state index is 0.000549. The number of rotatable bonds is 2. The van der Waals surface area contributed by atoms with Crippen molar-refractivity contribution in [1.29, 1.82) is 0 Å². The van der Waals surface area contributed by atoms with Gasteiger partial charge in [-0.2, -0.15) is 0 Å². The zero-order valence-corrected chi connectivity index (χ0v) is 13.2. The van der Waals surface area contributed by atoms with Gasteiger partial charge in [-0.1, -0.05) is 15.9 Å². The highest BCUT2D eigenvalue weighted by molar-refractivity contribution is 9.10. The van der Waals surface area contributed by atoms with Gasteiger partial charge in [0.2, 0.25) is 5.91 Å². The first kappa shape index (κ1) is 14.5. The lowest BCUT2D eigenvalue weighted by Gasteiger charge is -2.29. The Labute approximate surface area is 126 Å². The van der Waals surface area contributed by atoms with Gasteiger partial charge < -0.3 is 4.90 Å². The maximum absolute atomic E-state index is 12.1. The number of anilines is 1. The molecule has 19 heavy (non-hydrogen) atoms. The quantitative estimate of drug-likeness (QED) is 0.608. The number of hydrogen-bond donors (Lipinski definition) is 0. The molecule has 0 aromatic heterocycles. The van der Waals surface area contributed by atoms with E-state index in [1.165, 1.54) is 0 Å². The van der Waals surface area contributed by atoms with Crippen LogP contribution >= 0.6 is 27.5 Å². The van der Waals surface area contributed by atoms with E-state index >= 15 is 0 Å². The van der Waals surface area contributed by atoms with Gasteiger partial charge >= 0.3 is 0 Å². The van der Waals surface area contributed by atoms with E-state index in [9.17, 15) is 9.59 Å². The highest BCUT2D eigenvalue weighted by Crippen LogP contribution is 2.33. The predicted molar refractivity (Wildman–Crippen MR) is 80.1 cm³/mol. The second kappa shape index (κ2) is 5.63. The van der Waals surface area contributed by atoms with Crippen molar-refractivity contribution in [2.24, 2.45) is 0 Å². The topological polar surface area (TPSA) is 37.4 Å². The Balaban J connectivity index is 2.53. The molecule has 1 aromatic rings. The Morgan fingerprint density at radius 3 is 2.68 bits per heavy atom. The fraction of sp³-hybridized carbons (Fsp3) is 0.429. The van der Waals surface area contributed by atoms with Crippen LogP contribution in [0.15, 0.2) is 16.6 Å². The molecule has 0 saturated heterocycles. The molecule has 102 valence electrons. The number of benzene rings is 1. The maximum Gasteiger partial charge on any atom is 0.223 e. The Bertz CT molecular complexity index is 542. The molecular formula is C14H15BrClNO2. The van der Waals surface area contributed by atoms with Crippen LogP contribution in [0.2, 0.25) is 0 Å². The second-order valence-electron chi connectivity index (χ2n) is 4.72. The van der Waals surface area contributed by atoms with E-state index in [-0.39, 0.29) is 11.7 Å². The number of aryl methyl sites for hydroxylation is 1. The van der Waals surface area contributed by atoms with Crippen LogP contribution in [0.25, 0.3) is 0 Å². The molecule has 1 aromatic carbocycles. The fourth-order valence-electron chi connectivity index (χ4n) is 2.33. The zero-order chi connectivity index (χ0) is 14.2. The Hall–Kier alpha value is -0.870. The monoisotopic (exact) mass is 343 g/mol. The maximum atomic E-state index is 12.1. The van der Waals surface area contributed by atoms with Gasteiger partial charge in [-0.15, -0.1) is 11.6 Å². The molecule has 1 heterocycles. The summed E-state index contributed by atoms with van der Waals surface area (Å²) in [5.74, 6) is -0.133. The van der Waals surface area contributed by atoms with Crippen molar-refractivity contribution >= 4 is 44.9 Å². The van der Waals surface area contributed by atoms with E-state index in [0.717, 1.165) is 28.6 Å². The molecule has 0 saturated carbocycles. The smallest absolute Gasteiger partial charge is 0.223 e. The summed E-state index contributed by atoms with van der Waals surface area (Å²) in [5, 5.41) is -0.580. The number of alkyl halides is 1. The van der Waals surface area contributed by atoms with E-state index in [1.807, 2.05) is 6.07 Å². The van der Waals surface area contributed by atoms with Crippen LogP contribution in [0.4, 0.5) is 5.69 Å². The molecule has 0 spiro atoms. The summed E-state index contributed by atoms with van der Waals surface area (Å²) in [6, 6.07) is 3.71. The number of nitrogens with zero attached hydrogens (tertiary/aromatic N) is 1. The van der Waals surface area contributed by atoms with Crippen molar-refractivity contribution in [2.75, 3.05) is 11.4 Å². The lowest BCUT2D eigenvalue weighted by molar-refractivity contribution is -0.116. The number of ketones is 1. The standard InChI is InChI=1S/C14H15BrClNO2/c1-8(16)14(19)11-7-13-10(6-12(11)15)4-3-5-17(13)9(2)18/h6-8H,3-5H2,1-2H3. The number of hydrogen-bond acceptors (Lipinski definition) is 2. The fourth-order valence-corrected chi connectivity index (χ4v) is 3.04. The van der Waals surface area contributed by atoms with E-state index in [0.29, 0.717) is 12.1 Å². The van der Waals surface area contributed by atoms with Gasteiger partial charge in [0.15, 0.2) is 5.78 Å². The van der Waals surface area contributed by atoms with Crippen molar-refractivity contribution in [3.8, 4) is 0 Å². The van der Waals surface area contributed by atoms with Gasteiger partial charge in [0.05, 0.1) is 5.38 Å². The van der Waals surface area contributed by atoms with Crippen LogP contribution in [0, 0.1) is 0 Å². The zero-order valence-electron chi connectivity index (χ0n) is 10.9. The lowest BCUT2D eigenvalue weighted by Crippen LogP contribution is -2.33. The average Bonchev–Trinajstić information content (AvgIpc) is 2.35. The van der Waals surface area contributed by atoms with Crippen LogP contribution in [0.5, 0.6) is 0 Å². The number of carbonyl (C=O) groups is 2. The SMILES string of the molecule is CC(=O)N1CCCc2cc(Br)c(C(=O)C(C)Cl)cc21. The first-order valence-corrected chi connectivity index (χ1v) is 7.43. The third-order valence-electron chi connectivity index (χ3n) is 3.29. The second-order valence-corrected chi connectivity index (χ2v) is 6.22. The summed E-state index contributed by atoms with van der Waals surface area (Å²) >= 11 is 9.28. The van der Waals surface area contributed by atoms with Crippen molar-refractivity contribution in [2.45, 2.75) is 32.1 Å². The van der Waals surface area contributed by atoms with Gasteiger partial charge in [0.25, 0.3) is 0 Å². The van der Waals surface area contributed by atoms with Gasteiger partial charge in [-0.3, -0.25) is 9.59 Å². The summed E-state index contributed by atoms with van der Waals surface area (Å²) in [6.07, 6.45) is 1.86. The summed E-state index contributed by atoms with van der Waals surface area (Å²) < 4.78 is 0.745. The van der Waals surface area contributed by atoms with Gasteiger partial charge in [0.1, 0.15) is 0 Å². The lowest BCUT2D eigenvalue weighted by atomic mass is 9.97. The molecule has 1 atom stereocenters. The number of fused-ring (bicyclic) bond motifs is 1. The number of amides is 1. The Morgan fingerprint density at radius 1 is 1.42 bits per heavy atom. The minimum Gasteiger partial charge on any atom is -0.312 e. The van der Waals surface area contributed by atoms with Crippen LogP contribution < -0.4 is 4.90 Å². The number of halogens is 2. The first-order chi connectivity index (χ1) is 8.91. The largest absolute Gasteiger partial charge is 0.312 e. The highest BCUT2D eigenvalue weighted by Gasteiger charge is 2.24. The summed E-state index contributed by atoms with van der Waals surface area (Å²) in [6.45, 7) is 3.90. The van der Waals surface area contributed by atoms with E-state index in [4.69, 9.17) is 11.6 Å². The van der Waals surface area contributed by atoms with E-state index < -0.39 is 5.38 Å². The van der Waals surface area contributed by atoms with Gasteiger partial charge in [0, 0.05) is 29.2 Å². The summed E-state index contributed by atoms with van der Waals surface area (Å²) in [7, 11) is 0. The third-order valence-corrected chi connectivity index (χ3v) is 4.15. The third kappa shape index (κ3) is 2.84. The Kier molecular flexibility index (Phi) is 4.31. The van der Waals surface area contributed by atoms with Gasteiger partial charge in [-0.25, -0.2) is 0 Å². The summed E-state index contributed by atoms with van der Waals surface area (Å²) in [5.41, 5.74) is 2.46. The molecule has 3 nitrogen and oxygen atoms in total. The highest BCUT2D eigenvalue weighted by atomic mass is 79.9. The molecule has 0 fully saturated rings.